The summed E-state index contributed by atoms with van der Waals surface area (Å²) in [5, 5.41) is 4.75. The summed E-state index contributed by atoms with van der Waals surface area (Å²) < 4.78 is 16.1. The average Bonchev–Trinajstić information content (AvgIpc) is 3.46. The van der Waals surface area contributed by atoms with E-state index in [1.54, 1.807) is 14.2 Å². The monoisotopic (exact) mass is 413 g/mol. The van der Waals surface area contributed by atoms with Gasteiger partial charge in [0.15, 0.2) is 17.3 Å². The van der Waals surface area contributed by atoms with Gasteiger partial charge in [0, 0.05) is 18.2 Å². The minimum atomic E-state index is -0.0743. The van der Waals surface area contributed by atoms with Gasteiger partial charge in [-0.3, -0.25) is 4.79 Å². The van der Waals surface area contributed by atoms with Crippen LogP contribution in [0.15, 0.2) is 28.8 Å². The predicted molar refractivity (Wildman–Crippen MR) is 110 cm³/mol. The van der Waals surface area contributed by atoms with Crippen molar-refractivity contribution < 1.29 is 18.8 Å². The topological polar surface area (TPSA) is 77.7 Å². The maximum atomic E-state index is 13.3. The van der Waals surface area contributed by atoms with E-state index in [1.807, 2.05) is 43.0 Å². The predicted octanol–water partition coefficient (Wildman–Crippen LogP) is 4.41. The van der Waals surface area contributed by atoms with E-state index in [0.717, 1.165) is 40.6 Å². The number of amides is 1. The molecule has 0 saturated carbocycles. The van der Waals surface area contributed by atoms with Gasteiger partial charge in [-0.2, -0.15) is 0 Å². The fourth-order valence-corrected chi connectivity index (χ4v) is 4.68. The molecule has 8 heteroatoms. The van der Waals surface area contributed by atoms with Crippen molar-refractivity contribution in [2.45, 2.75) is 32.7 Å². The zero-order valence-corrected chi connectivity index (χ0v) is 17.7. The van der Waals surface area contributed by atoms with Gasteiger partial charge in [0.25, 0.3) is 5.91 Å². The maximum Gasteiger partial charge on any atom is 0.266 e. The first-order valence-electron chi connectivity index (χ1n) is 9.45. The molecule has 1 atom stereocenters. The van der Waals surface area contributed by atoms with E-state index in [2.05, 4.69) is 10.1 Å². The molecule has 29 heavy (non-hydrogen) atoms. The maximum absolute atomic E-state index is 13.3. The van der Waals surface area contributed by atoms with Crippen molar-refractivity contribution in [1.29, 1.82) is 0 Å². The van der Waals surface area contributed by atoms with Crippen molar-refractivity contribution >= 4 is 17.2 Å². The molecule has 3 heterocycles. The summed E-state index contributed by atoms with van der Waals surface area (Å²) in [7, 11) is 3.20. The Morgan fingerprint density at radius 3 is 2.69 bits per heavy atom. The van der Waals surface area contributed by atoms with Crippen LogP contribution in [0, 0.1) is 13.8 Å². The average molecular weight is 413 g/mol. The van der Waals surface area contributed by atoms with Gasteiger partial charge < -0.3 is 18.9 Å². The Kier molecular flexibility index (Phi) is 5.27. The highest BCUT2D eigenvalue weighted by molar-refractivity contribution is 7.17. The molecule has 1 fully saturated rings. The van der Waals surface area contributed by atoms with Crippen LogP contribution in [0.3, 0.4) is 0 Å². The van der Waals surface area contributed by atoms with Crippen LogP contribution >= 0.6 is 11.3 Å². The highest BCUT2D eigenvalue weighted by Crippen LogP contribution is 2.38. The molecule has 4 rings (SSSR count). The third-order valence-electron chi connectivity index (χ3n) is 5.11. The van der Waals surface area contributed by atoms with Gasteiger partial charge in [0.1, 0.15) is 9.88 Å². The SMILES string of the molecule is COc1ccc(-c2nc(C)c(C(=O)N3CCCC3c3cc(C)no3)s2)cc1OC. The molecule has 0 N–H and O–H groups in total. The van der Waals surface area contributed by atoms with Gasteiger partial charge in [0.05, 0.1) is 31.6 Å². The van der Waals surface area contributed by atoms with Crippen LogP contribution in [0.2, 0.25) is 0 Å². The number of nitrogens with zero attached hydrogens (tertiary/aromatic N) is 3. The number of rotatable bonds is 5. The molecule has 2 aromatic heterocycles. The van der Waals surface area contributed by atoms with Crippen molar-refractivity contribution in [3.05, 3.63) is 46.3 Å². The van der Waals surface area contributed by atoms with Crippen molar-refractivity contribution in [1.82, 2.24) is 15.0 Å². The molecule has 0 aliphatic carbocycles. The molecule has 1 aliphatic rings. The summed E-state index contributed by atoms with van der Waals surface area (Å²) in [5.41, 5.74) is 2.44. The van der Waals surface area contributed by atoms with Crippen molar-refractivity contribution in [3.8, 4) is 22.1 Å². The number of likely N-dealkylation sites (tertiary alicyclic amines) is 1. The summed E-state index contributed by atoms with van der Waals surface area (Å²) in [5.74, 6) is 2.02. The highest BCUT2D eigenvalue weighted by atomic mass is 32.1. The molecule has 0 bridgehead atoms. The van der Waals surface area contributed by atoms with Gasteiger partial charge >= 0.3 is 0 Å². The number of hydrogen-bond donors (Lipinski definition) is 0. The number of methoxy groups -OCH3 is 2. The zero-order chi connectivity index (χ0) is 20.5. The minimum absolute atomic E-state index is 0.0109. The third kappa shape index (κ3) is 3.60. The summed E-state index contributed by atoms with van der Waals surface area (Å²) in [6.45, 7) is 4.46. The molecule has 1 unspecified atom stereocenters. The fraction of sp³-hybridized carbons (Fsp3) is 0.381. The Morgan fingerprint density at radius 2 is 2.00 bits per heavy atom. The van der Waals surface area contributed by atoms with E-state index in [-0.39, 0.29) is 11.9 Å². The normalized spacial score (nSPS) is 16.3. The van der Waals surface area contributed by atoms with Crippen molar-refractivity contribution in [2.75, 3.05) is 20.8 Å². The van der Waals surface area contributed by atoms with Crippen LogP contribution in [0.5, 0.6) is 11.5 Å². The molecule has 0 spiro atoms. The van der Waals surface area contributed by atoms with Crippen LogP contribution in [0.1, 0.15) is 45.7 Å². The van der Waals surface area contributed by atoms with Gasteiger partial charge in [-0.15, -0.1) is 11.3 Å². The number of thiazole rings is 1. The molecule has 1 amide bonds. The zero-order valence-electron chi connectivity index (χ0n) is 16.9. The molecule has 3 aromatic rings. The Balaban J connectivity index is 1.63. The van der Waals surface area contributed by atoms with E-state index in [0.29, 0.717) is 22.9 Å². The number of ether oxygens (including phenoxy) is 2. The van der Waals surface area contributed by atoms with Crippen LogP contribution < -0.4 is 9.47 Å². The molecule has 1 aromatic carbocycles. The van der Waals surface area contributed by atoms with Crippen LogP contribution in [-0.4, -0.2) is 41.7 Å². The van der Waals surface area contributed by atoms with Crippen LogP contribution in [0.4, 0.5) is 0 Å². The van der Waals surface area contributed by atoms with Crippen molar-refractivity contribution in [3.63, 3.8) is 0 Å². The second kappa shape index (κ2) is 7.87. The second-order valence-corrected chi connectivity index (χ2v) is 8.03. The van der Waals surface area contributed by atoms with Gasteiger partial charge in [-0.05, 0) is 44.9 Å². The molecular formula is C21H23N3O4S. The van der Waals surface area contributed by atoms with E-state index >= 15 is 0 Å². The first-order chi connectivity index (χ1) is 14.0. The van der Waals surface area contributed by atoms with E-state index in [1.165, 1.54) is 11.3 Å². The molecule has 1 saturated heterocycles. The first-order valence-corrected chi connectivity index (χ1v) is 10.3. The smallest absolute Gasteiger partial charge is 0.266 e. The van der Waals surface area contributed by atoms with Gasteiger partial charge in [-0.25, -0.2) is 4.98 Å². The van der Waals surface area contributed by atoms with Gasteiger partial charge in [-0.1, -0.05) is 5.16 Å². The van der Waals surface area contributed by atoms with Crippen molar-refractivity contribution in [2.24, 2.45) is 0 Å². The fourth-order valence-electron chi connectivity index (χ4n) is 3.66. The minimum Gasteiger partial charge on any atom is -0.493 e. The van der Waals surface area contributed by atoms with E-state index in [4.69, 9.17) is 14.0 Å². The Bertz CT molecular complexity index is 1040. The number of benzene rings is 1. The lowest BCUT2D eigenvalue weighted by atomic mass is 10.1. The summed E-state index contributed by atoms with van der Waals surface area (Å²) >= 11 is 1.40. The first kappa shape index (κ1) is 19.4. The molecular weight excluding hydrogens is 390 g/mol. The second-order valence-electron chi connectivity index (χ2n) is 7.03. The molecule has 152 valence electrons. The standard InChI is InChI=1S/C21H23N3O4S/c1-12-10-17(28-23-12)15-6-5-9-24(15)21(25)19-13(2)22-20(29-19)14-7-8-16(26-3)18(11-14)27-4/h7-8,10-11,15H,5-6,9H2,1-4H3. The highest BCUT2D eigenvalue weighted by Gasteiger charge is 2.34. The number of aryl methyl sites for hydroxylation is 2. The van der Waals surface area contributed by atoms with Crippen LogP contribution in [-0.2, 0) is 0 Å². The molecule has 1 aliphatic heterocycles. The lowest BCUT2D eigenvalue weighted by Gasteiger charge is -2.22. The number of hydrogen-bond acceptors (Lipinski definition) is 7. The Hall–Kier alpha value is -2.87. The van der Waals surface area contributed by atoms with Gasteiger partial charge in [0.2, 0.25) is 0 Å². The summed E-state index contributed by atoms with van der Waals surface area (Å²) in [6, 6.07) is 7.47. The Labute approximate surface area is 173 Å². The summed E-state index contributed by atoms with van der Waals surface area (Å²) in [4.78, 5) is 20.5. The number of carbonyl (C=O) groups excluding carboxylic acids is 1. The number of aromatic nitrogens is 2. The third-order valence-corrected chi connectivity index (χ3v) is 6.30. The Morgan fingerprint density at radius 1 is 1.21 bits per heavy atom. The quantitative estimate of drug-likeness (QED) is 0.617. The molecule has 7 nitrogen and oxygen atoms in total. The van der Waals surface area contributed by atoms with E-state index < -0.39 is 0 Å². The number of carbonyl (C=O) groups is 1. The van der Waals surface area contributed by atoms with E-state index in [9.17, 15) is 4.79 Å². The lowest BCUT2D eigenvalue weighted by Crippen LogP contribution is -2.30. The lowest BCUT2D eigenvalue weighted by molar-refractivity contribution is 0.0718. The van der Waals surface area contributed by atoms with Crippen LogP contribution in [0.25, 0.3) is 10.6 Å². The summed E-state index contributed by atoms with van der Waals surface area (Å²) in [6.07, 6.45) is 1.82. The largest absolute Gasteiger partial charge is 0.493 e. The molecule has 0 radical (unpaired) electrons.